The average molecular weight is 308 g/mol. The van der Waals surface area contributed by atoms with Crippen LogP contribution in [0, 0.1) is 0 Å². The van der Waals surface area contributed by atoms with E-state index in [1.165, 1.54) is 0 Å². The van der Waals surface area contributed by atoms with Gasteiger partial charge in [0.05, 0.1) is 6.61 Å². The van der Waals surface area contributed by atoms with Gasteiger partial charge >= 0.3 is 11.9 Å². The van der Waals surface area contributed by atoms with Gasteiger partial charge in [-0.3, -0.25) is 4.55 Å². The van der Waals surface area contributed by atoms with Crippen LogP contribution >= 0.6 is 11.3 Å². The van der Waals surface area contributed by atoms with Crippen molar-refractivity contribution in [3.63, 3.8) is 0 Å². The molecule has 0 spiro atoms. The topological polar surface area (TPSA) is 118 Å². The number of hydrogen-bond donors (Lipinski definition) is 2. The average Bonchev–Trinajstić information content (AvgIpc) is 2.73. The molecular formula is C10H12O7S2. The maximum absolute atomic E-state index is 11.6. The Bertz CT molecular complexity index is 585. The monoisotopic (exact) mass is 308 g/mol. The van der Waals surface area contributed by atoms with Gasteiger partial charge in [0.25, 0.3) is 10.1 Å². The third kappa shape index (κ3) is 4.01. The quantitative estimate of drug-likeness (QED) is 0.466. The van der Waals surface area contributed by atoms with Crippen molar-refractivity contribution in [2.24, 2.45) is 0 Å². The van der Waals surface area contributed by atoms with Gasteiger partial charge in [0.15, 0.2) is 0 Å². The third-order valence-electron chi connectivity index (χ3n) is 2.10. The number of ether oxygens (including phenoxy) is 1. The summed E-state index contributed by atoms with van der Waals surface area (Å²) in [4.78, 5) is 20.9. The molecule has 2 N–H and O–H groups in total. The fourth-order valence-corrected chi connectivity index (χ4v) is 3.07. The third-order valence-corrected chi connectivity index (χ3v) is 4.21. The number of carbonyl (C=O) groups excluding carboxylic acids is 1. The van der Waals surface area contributed by atoms with Crippen LogP contribution in [0.4, 0.5) is 0 Å². The van der Waals surface area contributed by atoms with Crippen LogP contribution in [-0.4, -0.2) is 36.6 Å². The molecule has 1 aromatic rings. The Balaban J connectivity index is 3.11. The summed E-state index contributed by atoms with van der Waals surface area (Å²) in [5.74, 6) is -2.35. The second-order valence-electron chi connectivity index (χ2n) is 3.57. The molecule has 0 amide bonds. The Labute approximate surface area is 113 Å². The van der Waals surface area contributed by atoms with Crippen LogP contribution in [0.1, 0.15) is 39.1 Å². The summed E-state index contributed by atoms with van der Waals surface area (Å²) in [7, 11) is -4.68. The van der Waals surface area contributed by atoms with Crippen molar-refractivity contribution >= 4 is 33.4 Å². The summed E-state index contributed by atoms with van der Waals surface area (Å²) < 4.78 is 35.9. The van der Waals surface area contributed by atoms with Crippen molar-refractivity contribution in [3.8, 4) is 0 Å². The minimum absolute atomic E-state index is 0.0978. The largest absolute Gasteiger partial charge is 0.477 e. The van der Waals surface area contributed by atoms with Gasteiger partial charge < -0.3 is 9.84 Å². The molecule has 0 fully saturated rings. The highest BCUT2D eigenvalue weighted by molar-refractivity contribution is 7.86. The lowest BCUT2D eigenvalue weighted by Gasteiger charge is -2.02. The normalized spacial score (nSPS) is 11.3. The second kappa shape index (κ2) is 6.13. The predicted octanol–water partition coefficient (Wildman–Crippen LogP) is 1.65. The molecule has 0 atom stereocenters. The first-order chi connectivity index (χ1) is 8.77. The molecule has 9 heteroatoms. The van der Waals surface area contributed by atoms with Crippen LogP contribution in [0.15, 0.2) is 11.0 Å². The molecule has 0 saturated heterocycles. The van der Waals surface area contributed by atoms with Crippen LogP contribution in [0.25, 0.3) is 0 Å². The number of carbonyl (C=O) groups is 2. The summed E-state index contributed by atoms with van der Waals surface area (Å²) in [5, 5.41) is 8.77. The van der Waals surface area contributed by atoms with Crippen molar-refractivity contribution < 1.29 is 32.4 Å². The van der Waals surface area contributed by atoms with E-state index >= 15 is 0 Å². The van der Waals surface area contributed by atoms with Crippen LogP contribution in [0.2, 0.25) is 0 Å². The highest BCUT2D eigenvalue weighted by atomic mass is 32.2. The molecule has 0 aliphatic heterocycles. The lowest BCUT2D eigenvalue weighted by Crippen LogP contribution is -2.09. The van der Waals surface area contributed by atoms with E-state index in [4.69, 9.17) is 14.4 Å². The molecule has 0 radical (unpaired) electrons. The Kier molecular flexibility index (Phi) is 5.04. The second-order valence-corrected chi connectivity index (χ2v) is 6.02. The van der Waals surface area contributed by atoms with Gasteiger partial charge in [-0.1, -0.05) is 13.3 Å². The maximum Gasteiger partial charge on any atom is 0.349 e. The molecule has 0 bridgehead atoms. The SMILES string of the molecule is CCCCOC(=O)c1sc(C(=O)O)cc1S(=O)(=O)O. The molecule has 1 heterocycles. The van der Waals surface area contributed by atoms with E-state index in [1.807, 2.05) is 6.92 Å². The summed E-state index contributed by atoms with van der Waals surface area (Å²) in [5.41, 5.74) is 0. The minimum atomic E-state index is -4.68. The summed E-state index contributed by atoms with van der Waals surface area (Å²) in [6, 6.07) is 0.735. The van der Waals surface area contributed by atoms with Crippen molar-refractivity contribution in [1.29, 1.82) is 0 Å². The van der Waals surface area contributed by atoms with E-state index < -0.39 is 31.8 Å². The van der Waals surface area contributed by atoms with Crippen LogP contribution in [-0.2, 0) is 14.9 Å². The smallest absolute Gasteiger partial charge is 0.349 e. The summed E-state index contributed by atoms with van der Waals surface area (Å²) in [6.07, 6.45) is 1.38. The molecule has 1 rings (SSSR count). The molecule has 7 nitrogen and oxygen atoms in total. The minimum Gasteiger partial charge on any atom is -0.477 e. The summed E-state index contributed by atoms with van der Waals surface area (Å²) in [6.45, 7) is 1.98. The lowest BCUT2D eigenvalue weighted by atomic mass is 10.3. The Morgan fingerprint density at radius 2 is 2.05 bits per heavy atom. The molecule has 0 saturated carbocycles. The molecular weight excluding hydrogens is 296 g/mol. The van der Waals surface area contributed by atoms with Gasteiger partial charge in [-0.2, -0.15) is 8.42 Å². The van der Waals surface area contributed by atoms with E-state index in [0.717, 1.165) is 12.5 Å². The van der Waals surface area contributed by atoms with E-state index in [9.17, 15) is 18.0 Å². The molecule has 106 valence electrons. The Hall–Kier alpha value is -1.45. The number of rotatable bonds is 6. The lowest BCUT2D eigenvalue weighted by molar-refractivity contribution is 0.0500. The number of aromatic carboxylic acids is 1. The van der Waals surface area contributed by atoms with Gasteiger partial charge in [0.1, 0.15) is 14.6 Å². The van der Waals surface area contributed by atoms with Crippen molar-refractivity contribution in [1.82, 2.24) is 0 Å². The molecule has 0 aromatic carbocycles. The molecule has 0 aliphatic carbocycles. The fourth-order valence-electron chi connectivity index (χ4n) is 1.19. The number of unbranched alkanes of at least 4 members (excludes halogenated alkanes) is 1. The van der Waals surface area contributed by atoms with Crippen LogP contribution in [0.5, 0.6) is 0 Å². The number of thiophene rings is 1. The number of carboxylic acids is 1. The number of hydrogen-bond acceptors (Lipinski definition) is 6. The predicted molar refractivity (Wildman–Crippen MR) is 66.3 cm³/mol. The first-order valence-electron chi connectivity index (χ1n) is 5.29. The van der Waals surface area contributed by atoms with E-state index in [-0.39, 0.29) is 11.5 Å². The van der Waals surface area contributed by atoms with Gasteiger partial charge in [0, 0.05) is 0 Å². The van der Waals surface area contributed by atoms with Crippen LogP contribution in [0.3, 0.4) is 0 Å². The van der Waals surface area contributed by atoms with Gasteiger partial charge in [0.2, 0.25) is 0 Å². The molecule has 1 aromatic heterocycles. The van der Waals surface area contributed by atoms with E-state index in [1.54, 1.807) is 0 Å². The van der Waals surface area contributed by atoms with E-state index in [2.05, 4.69) is 0 Å². The number of carboxylic acid groups (broad SMARTS) is 1. The Morgan fingerprint density at radius 3 is 2.53 bits per heavy atom. The highest BCUT2D eigenvalue weighted by Gasteiger charge is 2.27. The summed E-state index contributed by atoms with van der Waals surface area (Å²) >= 11 is 0.447. The standard InChI is InChI=1S/C10H12O7S2/c1-2-3-4-17-10(13)8-7(19(14,15)16)5-6(18-8)9(11)12/h5H,2-4H2,1H3,(H,11,12)(H,14,15,16). The first kappa shape index (κ1) is 15.6. The number of esters is 1. The zero-order valence-corrected chi connectivity index (χ0v) is 11.6. The van der Waals surface area contributed by atoms with Crippen molar-refractivity contribution in [3.05, 3.63) is 15.8 Å². The highest BCUT2D eigenvalue weighted by Crippen LogP contribution is 2.27. The van der Waals surface area contributed by atoms with Gasteiger partial charge in [-0.05, 0) is 12.5 Å². The zero-order valence-electron chi connectivity index (χ0n) is 9.95. The molecule has 0 aliphatic rings. The fraction of sp³-hybridized carbons (Fsp3) is 0.400. The Morgan fingerprint density at radius 1 is 1.42 bits per heavy atom. The van der Waals surface area contributed by atoms with E-state index in [0.29, 0.717) is 17.8 Å². The first-order valence-corrected chi connectivity index (χ1v) is 7.54. The molecule has 19 heavy (non-hydrogen) atoms. The zero-order chi connectivity index (χ0) is 14.6. The van der Waals surface area contributed by atoms with Crippen LogP contribution < -0.4 is 0 Å². The van der Waals surface area contributed by atoms with Gasteiger partial charge in [-0.15, -0.1) is 11.3 Å². The maximum atomic E-state index is 11.6. The van der Waals surface area contributed by atoms with Crippen molar-refractivity contribution in [2.45, 2.75) is 24.7 Å². The van der Waals surface area contributed by atoms with Crippen molar-refractivity contribution in [2.75, 3.05) is 6.61 Å². The molecule has 0 unspecified atom stereocenters. The van der Waals surface area contributed by atoms with Gasteiger partial charge in [-0.25, -0.2) is 9.59 Å².